The number of carbonyl (C=O) groups excluding carboxylic acids is 1. The quantitative estimate of drug-likeness (QED) is 0.850. The number of primary amides is 1. The molecule has 4 nitrogen and oxygen atoms in total. The lowest BCUT2D eigenvalue weighted by molar-refractivity contribution is 0.0991. The lowest BCUT2D eigenvalue weighted by Gasteiger charge is -2.09. The van der Waals surface area contributed by atoms with Crippen LogP contribution >= 0.6 is 0 Å². The summed E-state index contributed by atoms with van der Waals surface area (Å²) >= 11 is 0. The number of rotatable bonds is 2. The van der Waals surface area contributed by atoms with Gasteiger partial charge in [-0.25, -0.2) is 4.98 Å². The predicted molar refractivity (Wildman–Crippen MR) is 71.5 cm³/mol. The van der Waals surface area contributed by atoms with Gasteiger partial charge in [-0.3, -0.25) is 4.79 Å². The molecule has 2 aromatic rings. The van der Waals surface area contributed by atoms with Gasteiger partial charge in [0.1, 0.15) is 0 Å². The molecule has 0 saturated carbocycles. The van der Waals surface area contributed by atoms with Gasteiger partial charge >= 0.3 is 0 Å². The van der Waals surface area contributed by atoms with E-state index in [1.54, 1.807) is 0 Å². The Hall–Kier alpha value is -2.10. The molecular formula is C14H17N3O. The van der Waals surface area contributed by atoms with Crippen molar-refractivity contribution in [3.8, 4) is 11.3 Å². The van der Waals surface area contributed by atoms with E-state index >= 15 is 0 Å². The minimum atomic E-state index is -0.535. The third-order valence-corrected chi connectivity index (χ3v) is 3.03. The van der Waals surface area contributed by atoms with Crippen molar-refractivity contribution >= 4 is 5.91 Å². The number of aromatic amines is 1. The first-order chi connectivity index (χ1) is 8.40. The monoisotopic (exact) mass is 243 g/mol. The Morgan fingerprint density at radius 1 is 1.17 bits per heavy atom. The molecule has 1 heterocycles. The summed E-state index contributed by atoms with van der Waals surface area (Å²) in [5, 5.41) is 0. The number of aromatic nitrogens is 2. The number of carbonyl (C=O) groups is 1. The molecule has 0 fully saturated rings. The average molecular weight is 243 g/mol. The summed E-state index contributed by atoms with van der Waals surface area (Å²) in [6.45, 7) is 8.06. The molecule has 0 aliphatic rings. The Morgan fingerprint density at radius 3 is 2.17 bits per heavy atom. The summed E-state index contributed by atoms with van der Waals surface area (Å²) in [4.78, 5) is 18.4. The van der Waals surface area contributed by atoms with Crippen molar-refractivity contribution in [1.29, 1.82) is 0 Å². The minimum Gasteiger partial charge on any atom is -0.363 e. The Bertz CT molecular complexity index is 603. The molecule has 0 unspecified atom stereocenters. The summed E-state index contributed by atoms with van der Waals surface area (Å²) in [6.07, 6.45) is 0. The van der Waals surface area contributed by atoms with Crippen molar-refractivity contribution in [2.75, 3.05) is 0 Å². The number of amides is 1. The fraction of sp³-hybridized carbons (Fsp3) is 0.286. The molecule has 0 radical (unpaired) electrons. The normalized spacial score (nSPS) is 10.7. The maximum absolute atomic E-state index is 11.2. The summed E-state index contributed by atoms with van der Waals surface area (Å²) in [7, 11) is 0. The number of nitrogens with one attached hydrogen (secondary N) is 1. The van der Waals surface area contributed by atoms with Crippen molar-refractivity contribution in [2.45, 2.75) is 27.7 Å². The highest BCUT2D eigenvalue weighted by Gasteiger charge is 2.15. The van der Waals surface area contributed by atoms with Gasteiger partial charge in [-0.2, -0.15) is 0 Å². The molecule has 0 spiro atoms. The van der Waals surface area contributed by atoms with Gasteiger partial charge < -0.3 is 10.7 Å². The number of hydrogen-bond donors (Lipinski definition) is 2. The van der Waals surface area contributed by atoms with E-state index in [4.69, 9.17) is 5.73 Å². The van der Waals surface area contributed by atoms with E-state index in [-0.39, 0.29) is 5.82 Å². The topological polar surface area (TPSA) is 71.8 Å². The SMILES string of the molecule is Cc1cc(C)c(-c2nc(C(N)=O)[nH]c2C)c(C)c1. The van der Waals surface area contributed by atoms with E-state index in [0.717, 1.165) is 28.1 Å². The van der Waals surface area contributed by atoms with Gasteiger partial charge in [0.15, 0.2) is 5.82 Å². The molecule has 3 N–H and O–H groups in total. The molecule has 4 heteroatoms. The zero-order chi connectivity index (χ0) is 13.4. The molecule has 0 atom stereocenters. The van der Waals surface area contributed by atoms with E-state index in [2.05, 4.69) is 29.0 Å². The second-order valence-electron chi connectivity index (χ2n) is 4.70. The van der Waals surface area contributed by atoms with E-state index in [1.165, 1.54) is 5.56 Å². The second kappa shape index (κ2) is 4.29. The molecule has 0 bridgehead atoms. The van der Waals surface area contributed by atoms with Gasteiger partial charge in [-0.05, 0) is 38.8 Å². The predicted octanol–water partition coefficient (Wildman–Crippen LogP) is 2.41. The summed E-state index contributed by atoms with van der Waals surface area (Å²) in [5.41, 5.74) is 11.5. The smallest absolute Gasteiger partial charge is 0.284 e. The Morgan fingerprint density at radius 2 is 1.72 bits per heavy atom. The molecule has 0 saturated heterocycles. The molecule has 0 aliphatic heterocycles. The van der Waals surface area contributed by atoms with Crippen LogP contribution in [-0.2, 0) is 0 Å². The van der Waals surface area contributed by atoms with Crippen LogP contribution < -0.4 is 5.73 Å². The van der Waals surface area contributed by atoms with Gasteiger partial charge in [0.2, 0.25) is 0 Å². The van der Waals surface area contributed by atoms with E-state index in [0.29, 0.717) is 0 Å². The van der Waals surface area contributed by atoms with Gasteiger partial charge in [-0.15, -0.1) is 0 Å². The zero-order valence-corrected chi connectivity index (χ0v) is 11.1. The van der Waals surface area contributed by atoms with Crippen LogP contribution in [0.1, 0.15) is 33.0 Å². The third-order valence-electron chi connectivity index (χ3n) is 3.03. The van der Waals surface area contributed by atoms with Crippen LogP contribution in [0.5, 0.6) is 0 Å². The average Bonchev–Trinajstić information content (AvgIpc) is 2.59. The van der Waals surface area contributed by atoms with Gasteiger partial charge in [0.05, 0.1) is 5.69 Å². The van der Waals surface area contributed by atoms with Crippen LogP contribution in [0.4, 0.5) is 0 Å². The summed E-state index contributed by atoms with van der Waals surface area (Å²) < 4.78 is 0. The number of H-pyrrole nitrogens is 1. The summed E-state index contributed by atoms with van der Waals surface area (Å²) in [5.74, 6) is -0.325. The fourth-order valence-electron chi connectivity index (χ4n) is 2.37. The van der Waals surface area contributed by atoms with E-state index in [1.807, 2.05) is 20.8 Å². The lowest BCUT2D eigenvalue weighted by Crippen LogP contribution is -2.12. The van der Waals surface area contributed by atoms with Crippen molar-refractivity contribution in [1.82, 2.24) is 9.97 Å². The Kier molecular flexibility index (Phi) is 2.95. The molecule has 1 aromatic heterocycles. The largest absolute Gasteiger partial charge is 0.363 e. The minimum absolute atomic E-state index is 0.210. The van der Waals surface area contributed by atoms with E-state index < -0.39 is 5.91 Å². The molecular weight excluding hydrogens is 226 g/mol. The highest BCUT2D eigenvalue weighted by atomic mass is 16.1. The van der Waals surface area contributed by atoms with Gasteiger partial charge in [0, 0.05) is 11.3 Å². The van der Waals surface area contributed by atoms with Crippen molar-refractivity contribution < 1.29 is 4.79 Å². The highest BCUT2D eigenvalue weighted by molar-refractivity contribution is 5.90. The molecule has 94 valence electrons. The first-order valence-electron chi connectivity index (χ1n) is 5.84. The van der Waals surface area contributed by atoms with E-state index in [9.17, 15) is 4.79 Å². The summed E-state index contributed by atoms with van der Waals surface area (Å²) in [6, 6.07) is 4.22. The maximum Gasteiger partial charge on any atom is 0.284 e. The molecule has 1 amide bonds. The lowest BCUT2D eigenvalue weighted by atomic mass is 9.96. The van der Waals surface area contributed by atoms with Crippen LogP contribution in [-0.4, -0.2) is 15.9 Å². The Labute approximate surface area is 106 Å². The van der Waals surface area contributed by atoms with Crippen LogP contribution in [0.2, 0.25) is 0 Å². The second-order valence-corrected chi connectivity index (χ2v) is 4.70. The van der Waals surface area contributed by atoms with Crippen LogP contribution in [0, 0.1) is 27.7 Å². The van der Waals surface area contributed by atoms with Gasteiger partial charge in [0.25, 0.3) is 5.91 Å². The number of benzene rings is 1. The number of aryl methyl sites for hydroxylation is 4. The van der Waals surface area contributed by atoms with Crippen LogP contribution in [0.3, 0.4) is 0 Å². The van der Waals surface area contributed by atoms with Crippen molar-refractivity contribution in [2.24, 2.45) is 5.73 Å². The first kappa shape index (κ1) is 12.4. The fourth-order valence-corrected chi connectivity index (χ4v) is 2.37. The first-order valence-corrected chi connectivity index (χ1v) is 5.84. The van der Waals surface area contributed by atoms with Crippen molar-refractivity contribution in [3.05, 3.63) is 40.3 Å². The number of nitrogens with two attached hydrogens (primary N) is 1. The van der Waals surface area contributed by atoms with Crippen molar-refractivity contribution in [3.63, 3.8) is 0 Å². The van der Waals surface area contributed by atoms with Crippen LogP contribution in [0.15, 0.2) is 12.1 Å². The number of hydrogen-bond acceptors (Lipinski definition) is 2. The zero-order valence-electron chi connectivity index (χ0n) is 11.1. The standard InChI is InChI=1S/C14H17N3O/c1-7-5-8(2)11(9(3)6-7)12-10(4)16-14(17-12)13(15)18/h5-6H,1-4H3,(H2,15,18)(H,16,17). The highest BCUT2D eigenvalue weighted by Crippen LogP contribution is 2.29. The van der Waals surface area contributed by atoms with Crippen LogP contribution in [0.25, 0.3) is 11.3 Å². The van der Waals surface area contributed by atoms with Gasteiger partial charge in [-0.1, -0.05) is 17.7 Å². The number of nitrogens with zero attached hydrogens (tertiary/aromatic N) is 1. The molecule has 1 aromatic carbocycles. The molecule has 18 heavy (non-hydrogen) atoms. The third kappa shape index (κ3) is 2.01. The molecule has 0 aliphatic carbocycles. The number of imidazole rings is 1. The maximum atomic E-state index is 11.2. The molecule has 2 rings (SSSR count). The Balaban J connectivity index is 2.66.